The molecule has 0 heterocycles. The van der Waals surface area contributed by atoms with Gasteiger partial charge in [-0.3, -0.25) is 4.79 Å². The quantitative estimate of drug-likeness (QED) is 0.571. The van der Waals surface area contributed by atoms with Crippen LogP contribution in [0.4, 0.5) is 4.39 Å². The van der Waals surface area contributed by atoms with E-state index in [1.165, 1.54) is 30.3 Å². The topological polar surface area (TPSA) is 66.5 Å². The van der Waals surface area contributed by atoms with Crippen molar-refractivity contribution in [2.24, 2.45) is 0 Å². The Balaban J connectivity index is 1.85. The van der Waals surface area contributed by atoms with Gasteiger partial charge in [-0.2, -0.15) is 4.31 Å². The summed E-state index contributed by atoms with van der Waals surface area (Å²) in [6, 6.07) is 21.4. The Labute approximate surface area is 182 Å². The molecule has 162 valence electrons. The second kappa shape index (κ2) is 9.85. The third-order valence-electron chi connectivity index (χ3n) is 4.96. The first-order valence-electron chi connectivity index (χ1n) is 9.92. The second-order valence-electron chi connectivity index (χ2n) is 7.38. The fourth-order valence-corrected chi connectivity index (χ4v) is 4.55. The number of carbonyl (C=O) groups is 1. The summed E-state index contributed by atoms with van der Waals surface area (Å²) < 4.78 is 41.8. The van der Waals surface area contributed by atoms with Crippen molar-refractivity contribution in [1.29, 1.82) is 0 Å². The third kappa shape index (κ3) is 5.77. The molecule has 1 amide bonds. The number of aryl methyl sites for hydroxylation is 1. The van der Waals surface area contributed by atoms with E-state index in [-0.39, 0.29) is 23.0 Å². The molecule has 0 aliphatic rings. The van der Waals surface area contributed by atoms with Gasteiger partial charge in [-0.25, -0.2) is 12.8 Å². The molecule has 3 aromatic rings. The lowest BCUT2D eigenvalue weighted by Crippen LogP contribution is -2.41. The molecule has 0 saturated heterocycles. The molecular formula is C24H25FN2O3S. The average Bonchev–Trinajstić information content (AvgIpc) is 2.75. The zero-order valence-corrected chi connectivity index (χ0v) is 18.3. The SMILES string of the molecule is Cc1ccc(S(=O)(=O)N(CC(=O)N[C@H](C)c2ccccc2)Cc2ccccc2F)cc1. The monoisotopic (exact) mass is 440 g/mol. The molecule has 0 spiro atoms. The summed E-state index contributed by atoms with van der Waals surface area (Å²) in [5.74, 6) is -0.993. The number of halogens is 1. The molecule has 0 unspecified atom stereocenters. The van der Waals surface area contributed by atoms with Gasteiger partial charge in [0.25, 0.3) is 0 Å². The highest BCUT2D eigenvalue weighted by Crippen LogP contribution is 2.20. The van der Waals surface area contributed by atoms with Crippen molar-refractivity contribution in [3.05, 3.63) is 101 Å². The molecule has 0 fully saturated rings. The summed E-state index contributed by atoms with van der Waals surface area (Å²) in [5, 5.41) is 2.82. The van der Waals surface area contributed by atoms with Gasteiger partial charge in [0.05, 0.1) is 17.5 Å². The van der Waals surface area contributed by atoms with Crippen LogP contribution in [0.25, 0.3) is 0 Å². The van der Waals surface area contributed by atoms with Crippen molar-refractivity contribution in [3.8, 4) is 0 Å². The molecule has 0 aliphatic heterocycles. The summed E-state index contributed by atoms with van der Waals surface area (Å²) in [5.41, 5.74) is 2.01. The van der Waals surface area contributed by atoms with E-state index < -0.39 is 28.3 Å². The van der Waals surface area contributed by atoms with Crippen molar-refractivity contribution in [3.63, 3.8) is 0 Å². The number of hydrogen-bond donors (Lipinski definition) is 1. The molecule has 31 heavy (non-hydrogen) atoms. The van der Waals surface area contributed by atoms with Gasteiger partial charge in [0.15, 0.2) is 0 Å². The molecule has 0 radical (unpaired) electrons. The Morgan fingerprint density at radius 2 is 1.58 bits per heavy atom. The van der Waals surface area contributed by atoms with Crippen LogP contribution >= 0.6 is 0 Å². The molecule has 0 bridgehead atoms. The van der Waals surface area contributed by atoms with Crippen molar-refractivity contribution in [1.82, 2.24) is 9.62 Å². The van der Waals surface area contributed by atoms with E-state index in [1.807, 2.05) is 44.2 Å². The van der Waals surface area contributed by atoms with Crippen LogP contribution in [0.2, 0.25) is 0 Å². The molecule has 7 heteroatoms. The molecule has 0 aliphatic carbocycles. The van der Waals surface area contributed by atoms with E-state index in [9.17, 15) is 17.6 Å². The fourth-order valence-electron chi connectivity index (χ4n) is 3.17. The van der Waals surface area contributed by atoms with E-state index >= 15 is 0 Å². The van der Waals surface area contributed by atoms with Gasteiger partial charge in [-0.1, -0.05) is 66.2 Å². The van der Waals surface area contributed by atoms with Gasteiger partial charge in [0, 0.05) is 12.1 Å². The van der Waals surface area contributed by atoms with Crippen molar-refractivity contribution in [2.75, 3.05) is 6.54 Å². The van der Waals surface area contributed by atoms with E-state index in [0.717, 1.165) is 15.4 Å². The average molecular weight is 441 g/mol. The number of rotatable bonds is 8. The Morgan fingerprint density at radius 3 is 2.23 bits per heavy atom. The molecule has 5 nitrogen and oxygen atoms in total. The lowest BCUT2D eigenvalue weighted by Gasteiger charge is -2.23. The number of sulfonamides is 1. The fraction of sp³-hybridized carbons (Fsp3) is 0.208. The highest BCUT2D eigenvalue weighted by atomic mass is 32.2. The molecular weight excluding hydrogens is 415 g/mol. The van der Waals surface area contributed by atoms with Crippen molar-refractivity contribution < 1.29 is 17.6 Å². The first kappa shape index (κ1) is 22.7. The lowest BCUT2D eigenvalue weighted by molar-refractivity contribution is -0.122. The first-order valence-corrected chi connectivity index (χ1v) is 11.4. The van der Waals surface area contributed by atoms with E-state index in [1.54, 1.807) is 18.2 Å². The van der Waals surface area contributed by atoms with Crippen LogP contribution in [0.3, 0.4) is 0 Å². The zero-order chi connectivity index (χ0) is 22.4. The summed E-state index contributed by atoms with van der Waals surface area (Å²) >= 11 is 0. The van der Waals surface area contributed by atoms with Crippen LogP contribution in [-0.4, -0.2) is 25.2 Å². The molecule has 0 aromatic heterocycles. The minimum atomic E-state index is -4.02. The van der Waals surface area contributed by atoms with Crippen LogP contribution < -0.4 is 5.32 Å². The van der Waals surface area contributed by atoms with Crippen LogP contribution in [0.1, 0.15) is 29.7 Å². The number of amides is 1. The Bertz CT molecular complexity index is 1130. The molecule has 3 aromatic carbocycles. The molecule has 0 saturated carbocycles. The van der Waals surface area contributed by atoms with E-state index in [2.05, 4.69) is 5.32 Å². The molecule has 1 N–H and O–H groups in total. The number of carbonyl (C=O) groups excluding carboxylic acids is 1. The lowest BCUT2D eigenvalue weighted by atomic mass is 10.1. The van der Waals surface area contributed by atoms with Crippen molar-refractivity contribution >= 4 is 15.9 Å². The minimum Gasteiger partial charge on any atom is -0.348 e. The largest absolute Gasteiger partial charge is 0.348 e. The maximum absolute atomic E-state index is 14.2. The molecule has 3 rings (SSSR count). The van der Waals surface area contributed by atoms with Crippen LogP contribution in [-0.2, 0) is 21.4 Å². The number of nitrogens with one attached hydrogen (secondary N) is 1. The number of nitrogens with zero attached hydrogens (tertiary/aromatic N) is 1. The highest BCUT2D eigenvalue weighted by molar-refractivity contribution is 7.89. The van der Waals surface area contributed by atoms with Gasteiger partial charge in [0.2, 0.25) is 15.9 Å². The Kier molecular flexibility index (Phi) is 7.20. The third-order valence-corrected chi connectivity index (χ3v) is 6.77. The second-order valence-corrected chi connectivity index (χ2v) is 9.32. The summed E-state index contributed by atoms with van der Waals surface area (Å²) in [4.78, 5) is 12.8. The summed E-state index contributed by atoms with van der Waals surface area (Å²) in [7, 11) is -4.02. The van der Waals surface area contributed by atoms with Gasteiger partial charge >= 0.3 is 0 Å². The first-order chi connectivity index (χ1) is 14.8. The number of hydrogen-bond acceptors (Lipinski definition) is 3. The van der Waals surface area contributed by atoms with E-state index in [4.69, 9.17) is 0 Å². The van der Waals surface area contributed by atoms with Gasteiger partial charge in [0.1, 0.15) is 5.82 Å². The van der Waals surface area contributed by atoms with Crippen LogP contribution in [0, 0.1) is 12.7 Å². The van der Waals surface area contributed by atoms with E-state index in [0.29, 0.717) is 0 Å². The smallest absolute Gasteiger partial charge is 0.243 e. The maximum atomic E-state index is 14.2. The number of benzene rings is 3. The maximum Gasteiger partial charge on any atom is 0.243 e. The van der Waals surface area contributed by atoms with Gasteiger partial charge in [-0.05, 0) is 37.6 Å². The Hall–Kier alpha value is -3.03. The molecule has 1 atom stereocenters. The Morgan fingerprint density at radius 1 is 0.968 bits per heavy atom. The standard InChI is InChI=1S/C24H25FN2O3S/c1-18-12-14-22(15-13-18)31(29,30)27(16-21-10-6-7-11-23(21)25)17-24(28)26-19(2)20-8-4-3-5-9-20/h3-15,19H,16-17H2,1-2H3,(H,26,28)/t19-/m1/s1. The highest BCUT2D eigenvalue weighted by Gasteiger charge is 2.28. The zero-order valence-electron chi connectivity index (χ0n) is 17.5. The van der Waals surface area contributed by atoms with Crippen LogP contribution in [0.15, 0.2) is 83.8 Å². The van der Waals surface area contributed by atoms with Crippen molar-refractivity contribution in [2.45, 2.75) is 31.3 Å². The predicted octanol–water partition coefficient (Wildman–Crippen LogP) is 4.20. The predicted molar refractivity (Wildman–Crippen MR) is 118 cm³/mol. The minimum absolute atomic E-state index is 0.0540. The summed E-state index contributed by atoms with van der Waals surface area (Å²) in [6.45, 7) is 2.99. The normalized spacial score (nSPS) is 12.5. The van der Waals surface area contributed by atoms with Gasteiger partial charge in [-0.15, -0.1) is 0 Å². The summed E-state index contributed by atoms with van der Waals surface area (Å²) in [6.07, 6.45) is 0. The van der Waals surface area contributed by atoms with Gasteiger partial charge < -0.3 is 5.32 Å². The van der Waals surface area contributed by atoms with Crippen LogP contribution in [0.5, 0.6) is 0 Å².